The first-order valence-electron chi connectivity index (χ1n) is 11.2. The van der Waals surface area contributed by atoms with Gasteiger partial charge in [-0.05, 0) is 0 Å². The van der Waals surface area contributed by atoms with Gasteiger partial charge in [0.1, 0.15) is 48.0 Å². The molecule has 4 aliphatic heterocycles. The minimum absolute atomic E-state index is 0.136. The van der Waals surface area contributed by atoms with Crippen molar-refractivity contribution < 1.29 is 9.47 Å². The molecule has 0 bridgehead atoms. The van der Waals surface area contributed by atoms with Crippen LogP contribution in [0.15, 0.2) is 49.1 Å². The highest BCUT2D eigenvalue weighted by Crippen LogP contribution is 2.67. The lowest BCUT2D eigenvalue weighted by atomic mass is 10.3. The number of methoxy groups -OCH3 is 2. The maximum absolute atomic E-state index is 13.2. The molecule has 0 saturated carbocycles. The highest BCUT2D eigenvalue weighted by atomic mass is 32.2. The zero-order valence-electron chi connectivity index (χ0n) is 20.4. The quantitative estimate of drug-likeness (QED) is 0.407. The Kier molecular flexibility index (Phi) is 5.51. The van der Waals surface area contributed by atoms with Crippen LogP contribution in [0, 0.1) is 0 Å². The fourth-order valence-electron chi connectivity index (χ4n) is 4.62. The van der Waals surface area contributed by atoms with E-state index in [-0.39, 0.29) is 11.1 Å². The van der Waals surface area contributed by atoms with Crippen LogP contribution < -0.4 is 42.0 Å². The van der Waals surface area contributed by atoms with E-state index in [1.165, 1.54) is 69.1 Å². The maximum atomic E-state index is 13.2. The van der Waals surface area contributed by atoms with Gasteiger partial charge in [0.25, 0.3) is 11.1 Å². The van der Waals surface area contributed by atoms with Crippen molar-refractivity contribution in [2.24, 2.45) is 34.1 Å². The second kappa shape index (κ2) is 8.72. The van der Waals surface area contributed by atoms with E-state index in [4.69, 9.17) is 9.47 Å². The van der Waals surface area contributed by atoms with Gasteiger partial charge in [-0.1, -0.05) is 47.0 Å². The summed E-state index contributed by atoms with van der Waals surface area (Å²) >= 11 is 5.88. The Labute approximate surface area is 230 Å². The average molecular weight is 587 g/mol. The van der Waals surface area contributed by atoms with Crippen LogP contribution >= 0.6 is 47.0 Å². The molecule has 0 radical (unpaired) electrons. The van der Waals surface area contributed by atoms with Gasteiger partial charge in [-0.25, -0.2) is 38.7 Å². The molecular formula is C22H18N8O4S4. The van der Waals surface area contributed by atoms with Gasteiger partial charge in [0.2, 0.25) is 0 Å². The van der Waals surface area contributed by atoms with Crippen molar-refractivity contribution in [3.63, 3.8) is 0 Å². The van der Waals surface area contributed by atoms with E-state index in [9.17, 15) is 9.59 Å². The molecule has 0 fully saturated rings. The van der Waals surface area contributed by atoms with Crippen molar-refractivity contribution in [2.45, 2.75) is 32.9 Å². The smallest absolute Gasteiger partial charge is 0.277 e. The second-order valence-corrected chi connectivity index (χ2v) is 13.0. The number of ether oxygens (including phenoxy) is 2. The summed E-state index contributed by atoms with van der Waals surface area (Å²) < 4.78 is 20.1. The number of benzene rings is 1. The van der Waals surface area contributed by atoms with Crippen molar-refractivity contribution in [3.05, 3.63) is 42.1 Å². The number of nitrogens with zero attached hydrogens (tertiary/aromatic N) is 8. The molecule has 6 heterocycles. The monoisotopic (exact) mass is 586 g/mol. The number of hydrogen-bond acceptors (Lipinski definition) is 12. The topological polar surface area (TPSA) is 122 Å². The highest BCUT2D eigenvalue weighted by Gasteiger charge is 2.38. The normalized spacial score (nSPS) is 16.6. The first-order chi connectivity index (χ1) is 18.4. The van der Waals surface area contributed by atoms with Gasteiger partial charge in [0.05, 0.1) is 42.3 Å². The fourth-order valence-corrected chi connectivity index (χ4v) is 10.3. The minimum Gasteiger partial charge on any atom is -0.494 e. The number of thioether (sulfide) groups is 4. The Hall–Kier alpha value is -3.08. The lowest BCUT2D eigenvalue weighted by Gasteiger charge is -2.14. The molecule has 38 heavy (non-hydrogen) atoms. The molecule has 0 aliphatic carbocycles. The van der Waals surface area contributed by atoms with Gasteiger partial charge in [-0.15, -0.1) is 0 Å². The van der Waals surface area contributed by atoms with E-state index in [1.807, 2.05) is 0 Å². The van der Waals surface area contributed by atoms with Crippen LogP contribution in [-0.4, -0.2) is 45.6 Å². The summed E-state index contributed by atoms with van der Waals surface area (Å²) in [7, 11) is 6.69. The van der Waals surface area contributed by atoms with Crippen LogP contribution in [0.4, 0.5) is 0 Å². The van der Waals surface area contributed by atoms with E-state index in [0.717, 1.165) is 28.1 Å². The maximum Gasteiger partial charge on any atom is 0.277 e. The van der Waals surface area contributed by atoms with Crippen molar-refractivity contribution in [2.75, 3.05) is 14.2 Å². The lowest BCUT2D eigenvalue weighted by Crippen LogP contribution is -2.37. The molecule has 7 rings (SSSR count). The van der Waals surface area contributed by atoms with Crippen LogP contribution in [0.2, 0.25) is 0 Å². The largest absolute Gasteiger partial charge is 0.494 e. The Morgan fingerprint density at radius 2 is 1.05 bits per heavy atom. The molecule has 0 atom stereocenters. The SMILES string of the molecule is COc1c2c(c(OC)c3c1SC(=c1c(=O)n(C)n4c1=NC=NC4)S3)SC(=c1c(=O)n(C)n3c1=NC=NC3)S2. The summed E-state index contributed by atoms with van der Waals surface area (Å²) in [4.78, 5) is 47.0. The van der Waals surface area contributed by atoms with Crippen LogP contribution in [0.3, 0.4) is 0 Å². The molecule has 2 aromatic heterocycles. The van der Waals surface area contributed by atoms with Crippen LogP contribution in [-0.2, 0) is 27.4 Å². The van der Waals surface area contributed by atoms with Crippen molar-refractivity contribution in [3.8, 4) is 11.5 Å². The summed E-state index contributed by atoms with van der Waals surface area (Å²) in [6, 6.07) is 0. The van der Waals surface area contributed by atoms with Gasteiger partial charge in [0, 0.05) is 14.1 Å². The molecule has 194 valence electrons. The molecule has 4 aliphatic rings. The molecule has 16 heteroatoms. The summed E-state index contributed by atoms with van der Waals surface area (Å²) in [5, 5.41) is 1.07. The Morgan fingerprint density at radius 1 is 0.684 bits per heavy atom. The Bertz CT molecular complexity index is 1850. The first kappa shape index (κ1) is 24.0. The number of aliphatic imine (C=N–C) groups is 2. The van der Waals surface area contributed by atoms with Gasteiger partial charge in [-0.3, -0.25) is 9.59 Å². The molecule has 0 unspecified atom stereocenters. The van der Waals surface area contributed by atoms with E-state index < -0.39 is 0 Å². The number of hydrogen-bond donors (Lipinski definition) is 0. The predicted octanol–water partition coefficient (Wildman–Crippen LogP) is -0.130. The number of rotatable bonds is 2. The van der Waals surface area contributed by atoms with Gasteiger partial charge in [-0.2, -0.15) is 0 Å². The Balaban J connectivity index is 1.45. The van der Waals surface area contributed by atoms with E-state index in [0.29, 0.717) is 46.2 Å². The minimum atomic E-state index is -0.136. The Morgan fingerprint density at radius 3 is 1.39 bits per heavy atom. The molecule has 0 N–H and O–H groups in total. The molecule has 0 spiro atoms. The summed E-state index contributed by atoms with van der Waals surface area (Å²) in [5.74, 6) is 1.37. The summed E-state index contributed by atoms with van der Waals surface area (Å²) in [6.45, 7) is 0.683. The van der Waals surface area contributed by atoms with Crippen LogP contribution in [0.5, 0.6) is 11.5 Å². The highest BCUT2D eigenvalue weighted by molar-refractivity contribution is 8.33. The molecule has 3 aromatic rings. The van der Waals surface area contributed by atoms with Gasteiger partial charge >= 0.3 is 0 Å². The predicted molar refractivity (Wildman–Crippen MR) is 148 cm³/mol. The first-order valence-corrected chi connectivity index (χ1v) is 14.5. The van der Waals surface area contributed by atoms with Crippen LogP contribution in [0.25, 0.3) is 8.47 Å². The zero-order valence-corrected chi connectivity index (χ0v) is 23.7. The zero-order chi connectivity index (χ0) is 26.3. The van der Waals surface area contributed by atoms with E-state index in [2.05, 4.69) is 20.0 Å². The number of aromatic nitrogens is 4. The molecule has 12 nitrogen and oxygen atoms in total. The molecule has 0 saturated heterocycles. The summed E-state index contributed by atoms with van der Waals surface area (Å²) in [6.07, 6.45) is 2.97. The average Bonchev–Trinajstić information content (AvgIpc) is 3.67. The van der Waals surface area contributed by atoms with Crippen molar-refractivity contribution in [1.29, 1.82) is 0 Å². The number of fused-ring (bicyclic) bond motifs is 4. The lowest BCUT2D eigenvalue weighted by molar-refractivity contribution is 0.365. The molecular weight excluding hydrogens is 569 g/mol. The third kappa shape index (κ3) is 3.17. The third-order valence-electron chi connectivity index (χ3n) is 6.46. The van der Waals surface area contributed by atoms with Crippen molar-refractivity contribution in [1.82, 2.24) is 18.7 Å². The van der Waals surface area contributed by atoms with E-state index in [1.54, 1.807) is 37.7 Å². The summed E-state index contributed by atoms with van der Waals surface area (Å²) in [5.41, 5.74) is 0.899. The van der Waals surface area contributed by atoms with Crippen LogP contribution in [0.1, 0.15) is 0 Å². The van der Waals surface area contributed by atoms with E-state index >= 15 is 0 Å². The molecule has 1 aromatic carbocycles. The third-order valence-corrected chi connectivity index (χ3v) is 11.7. The fraction of sp³-hybridized carbons (Fsp3) is 0.273. The van der Waals surface area contributed by atoms with Gasteiger partial charge < -0.3 is 9.47 Å². The van der Waals surface area contributed by atoms with Crippen molar-refractivity contribution >= 4 is 68.2 Å². The standard InChI is InChI=1S/C22H18N8O4S4/c1-27-19(31)9(17-25-5-23-7-29(17)27)21-35-13-11(33-3)15-16(12(34-4)14(13)36-21)38-22(37-15)10-18-26-6-24-8-30(18)28(2)20(10)32/h5-6H,7-8H2,1-4H3. The molecule has 0 amide bonds. The second-order valence-electron chi connectivity index (χ2n) is 8.36. The van der Waals surface area contributed by atoms with Gasteiger partial charge in [0.15, 0.2) is 11.0 Å².